The van der Waals surface area contributed by atoms with Gasteiger partial charge in [-0.3, -0.25) is 0 Å². The van der Waals surface area contributed by atoms with Gasteiger partial charge in [-0.05, 0) is 34.1 Å². The second-order valence-corrected chi connectivity index (χ2v) is 6.98. The molecule has 1 saturated heterocycles. The number of unbranched alkanes of at least 4 members (excludes halogenated alkanes) is 7. The molecule has 0 aliphatic carbocycles. The number of hydrogen-bond acceptors (Lipinski definition) is 2. The lowest BCUT2D eigenvalue weighted by Gasteiger charge is -2.23. The Kier molecular flexibility index (Phi) is 6.82. The molecule has 0 spiro atoms. The van der Waals surface area contributed by atoms with Crippen LogP contribution in [0.5, 0.6) is 0 Å². The van der Waals surface area contributed by atoms with Crippen LogP contribution in [0, 0.1) is 0 Å². The lowest BCUT2D eigenvalue weighted by molar-refractivity contribution is -0.157. The molecular formula is C17H34O2. The van der Waals surface area contributed by atoms with Gasteiger partial charge in [-0.25, -0.2) is 0 Å². The van der Waals surface area contributed by atoms with E-state index in [1.54, 1.807) is 0 Å². The first kappa shape index (κ1) is 17.0. The fourth-order valence-electron chi connectivity index (χ4n) is 3.08. The Labute approximate surface area is 120 Å². The second kappa shape index (κ2) is 7.64. The maximum Gasteiger partial charge on any atom is 0.164 e. The van der Waals surface area contributed by atoms with Crippen molar-refractivity contribution in [3.8, 4) is 0 Å². The molecule has 0 aromatic heterocycles. The molecule has 0 bridgehead atoms. The van der Waals surface area contributed by atoms with Crippen molar-refractivity contribution in [3.05, 3.63) is 0 Å². The zero-order chi connectivity index (χ0) is 14.4. The van der Waals surface area contributed by atoms with E-state index in [2.05, 4.69) is 20.8 Å². The molecule has 114 valence electrons. The Hall–Kier alpha value is -0.0800. The van der Waals surface area contributed by atoms with Gasteiger partial charge in [-0.15, -0.1) is 0 Å². The third kappa shape index (κ3) is 6.27. The van der Waals surface area contributed by atoms with Gasteiger partial charge in [-0.2, -0.15) is 0 Å². The summed E-state index contributed by atoms with van der Waals surface area (Å²) in [7, 11) is 0. The average Bonchev–Trinajstić information content (AvgIpc) is 2.50. The summed E-state index contributed by atoms with van der Waals surface area (Å²) in [4.78, 5) is 0. The summed E-state index contributed by atoms with van der Waals surface area (Å²) in [6.07, 6.45) is 12.3. The van der Waals surface area contributed by atoms with Gasteiger partial charge in [0.05, 0.1) is 11.7 Å². The van der Waals surface area contributed by atoms with Crippen molar-refractivity contribution in [2.75, 3.05) is 0 Å². The fraction of sp³-hybridized carbons (Fsp3) is 1.00. The number of ether oxygens (including phenoxy) is 2. The zero-order valence-corrected chi connectivity index (χ0v) is 13.8. The van der Waals surface area contributed by atoms with E-state index >= 15 is 0 Å². The lowest BCUT2D eigenvalue weighted by atomic mass is 9.96. The Morgan fingerprint density at radius 1 is 0.789 bits per heavy atom. The van der Waals surface area contributed by atoms with Crippen LogP contribution in [0.2, 0.25) is 0 Å². The van der Waals surface area contributed by atoms with Crippen LogP contribution in [0.1, 0.15) is 92.4 Å². The van der Waals surface area contributed by atoms with E-state index < -0.39 is 5.79 Å². The van der Waals surface area contributed by atoms with Gasteiger partial charge in [0, 0.05) is 0 Å². The van der Waals surface area contributed by atoms with E-state index in [1.807, 2.05) is 13.8 Å². The van der Waals surface area contributed by atoms with E-state index in [4.69, 9.17) is 9.47 Å². The van der Waals surface area contributed by atoms with Gasteiger partial charge in [-0.1, -0.05) is 58.3 Å². The van der Waals surface area contributed by atoms with Gasteiger partial charge in [0.25, 0.3) is 0 Å². The van der Waals surface area contributed by atoms with Crippen molar-refractivity contribution < 1.29 is 9.47 Å². The minimum atomic E-state index is -0.408. The smallest absolute Gasteiger partial charge is 0.164 e. The molecule has 1 fully saturated rings. The van der Waals surface area contributed by atoms with Gasteiger partial charge in [0.1, 0.15) is 0 Å². The fourth-order valence-corrected chi connectivity index (χ4v) is 3.08. The molecule has 1 atom stereocenters. The Balaban J connectivity index is 2.06. The topological polar surface area (TPSA) is 18.5 Å². The summed E-state index contributed by atoms with van der Waals surface area (Å²) in [6, 6.07) is 0. The van der Waals surface area contributed by atoms with Crippen molar-refractivity contribution in [2.45, 2.75) is 110 Å². The van der Waals surface area contributed by atoms with Crippen molar-refractivity contribution in [1.29, 1.82) is 0 Å². The maximum absolute atomic E-state index is 6.00. The lowest BCUT2D eigenvalue weighted by Crippen LogP contribution is -2.33. The predicted molar refractivity (Wildman–Crippen MR) is 81.3 cm³/mol. The molecule has 0 saturated carbocycles. The summed E-state index contributed by atoms with van der Waals surface area (Å²) in [5.74, 6) is -0.408. The van der Waals surface area contributed by atoms with Crippen molar-refractivity contribution in [1.82, 2.24) is 0 Å². The number of hydrogen-bond donors (Lipinski definition) is 0. The van der Waals surface area contributed by atoms with Crippen LogP contribution in [0.3, 0.4) is 0 Å². The minimum absolute atomic E-state index is 0.134. The van der Waals surface area contributed by atoms with Crippen LogP contribution in [0.4, 0.5) is 0 Å². The highest BCUT2D eigenvalue weighted by molar-refractivity contribution is 4.88. The molecule has 0 N–H and O–H groups in total. The van der Waals surface area contributed by atoms with E-state index in [9.17, 15) is 0 Å². The molecule has 1 aliphatic rings. The highest BCUT2D eigenvalue weighted by Crippen LogP contribution is 2.38. The normalized spacial score (nSPS) is 24.8. The molecule has 1 rings (SSSR count). The molecule has 2 nitrogen and oxygen atoms in total. The first-order valence-electron chi connectivity index (χ1n) is 8.25. The molecule has 1 aliphatic heterocycles. The first-order chi connectivity index (χ1) is 8.87. The van der Waals surface area contributed by atoms with Gasteiger partial charge < -0.3 is 9.47 Å². The molecule has 19 heavy (non-hydrogen) atoms. The predicted octanol–water partition coefficient (Wildman–Crippen LogP) is 5.45. The molecule has 1 unspecified atom stereocenters. The second-order valence-electron chi connectivity index (χ2n) is 6.98. The quantitative estimate of drug-likeness (QED) is 0.519. The summed E-state index contributed by atoms with van der Waals surface area (Å²) in [5, 5.41) is 0. The van der Waals surface area contributed by atoms with E-state index in [-0.39, 0.29) is 11.7 Å². The van der Waals surface area contributed by atoms with Crippen LogP contribution in [-0.4, -0.2) is 17.5 Å². The number of rotatable bonds is 9. The third-order valence-electron chi connectivity index (χ3n) is 4.03. The van der Waals surface area contributed by atoms with Crippen LogP contribution >= 0.6 is 0 Å². The van der Waals surface area contributed by atoms with Crippen LogP contribution in [-0.2, 0) is 9.47 Å². The molecule has 0 aromatic carbocycles. The molecule has 0 amide bonds. The summed E-state index contributed by atoms with van der Waals surface area (Å²) in [5.41, 5.74) is -0.134. The van der Waals surface area contributed by atoms with Gasteiger partial charge >= 0.3 is 0 Å². The Bertz CT molecular complexity index is 246. The molecule has 1 heterocycles. The molecule has 0 radical (unpaired) electrons. The van der Waals surface area contributed by atoms with Gasteiger partial charge in [0.2, 0.25) is 0 Å². The highest BCUT2D eigenvalue weighted by atomic mass is 16.8. The monoisotopic (exact) mass is 270 g/mol. The van der Waals surface area contributed by atoms with Crippen LogP contribution in [0.25, 0.3) is 0 Å². The standard InChI is InChI=1S/C17H34O2/c1-6-7-8-9-10-11-12-13-14-15-16(2,3)19-17(4,5)18-15/h15H,6-14H2,1-5H3. The largest absolute Gasteiger partial charge is 0.344 e. The molecule has 2 heteroatoms. The van der Waals surface area contributed by atoms with Crippen LogP contribution < -0.4 is 0 Å². The summed E-state index contributed by atoms with van der Waals surface area (Å²) < 4.78 is 12.0. The van der Waals surface area contributed by atoms with Gasteiger partial charge in [0.15, 0.2) is 5.79 Å². The SMILES string of the molecule is CCCCCCCCCCC1OC(C)(C)OC1(C)C. The first-order valence-corrected chi connectivity index (χ1v) is 8.25. The minimum Gasteiger partial charge on any atom is -0.344 e. The Morgan fingerprint density at radius 2 is 1.32 bits per heavy atom. The average molecular weight is 270 g/mol. The maximum atomic E-state index is 6.00. The van der Waals surface area contributed by atoms with E-state index in [0.717, 1.165) is 6.42 Å². The molecular weight excluding hydrogens is 236 g/mol. The van der Waals surface area contributed by atoms with Crippen LogP contribution in [0.15, 0.2) is 0 Å². The summed E-state index contributed by atoms with van der Waals surface area (Å²) in [6.45, 7) is 10.6. The van der Waals surface area contributed by atoms with E-state index in [0.29, 0.717) is 0 Å². The highest BCUT2D eigenvalue weighted by Gasteiger charge is 2.46. The molecule has 0 aromatic rings. The third-order valence-corrected chi connectivity index (χ3v) is 4.03. The van der Waals surface area contributed by atoms with E-state index in [1.165, 1.54) is 51.4 Å². The van der Waals surface area contributed by atoms with Crippen molar-refractivity contribution >= 4 is 0 Å². The summed E-state index contributed by atoms with van der Waals surface area (Å²) >= 11 is 0. The van der Waals surface area contributed by atoms with Crippen molar-refractivity contribution in [2.24, 2.45) is 0 Å². The Morgan fingerprint density at radius 3 is 1.79 bits per heavy atom. The zero-order valence-electron chi connectivity index (χ0n) is 13.8. The van der Waals surface area contributed by atoms with Crippen molar-refractivity contribution in [3.63, 3.8) is 0 Å².